The lowest BCUT2D eigenvalue weighted by atomic mass is 9.62. The summed E-state index contributed by atoms with van der Waals surface area (Å²) in [7, 11) is 1.63. The van der Waals surface area contributed by atoms with Crippen molar-refractivity contribution in [3.8, 4) is 5.75 Å². The van der Waals surface area contributed by atoms with E-state index in [1.807, 2.05) is 24.3 Å². The quantitative estimate of drug-likeness (QED) is 0.861. The highest BCUT2D eigenvalue weighted by Crippen LogP contribution is 2.70. The monoisotopic (exact) mass is 330 g/mol. The summed E-state index contributed by atoms with van der Waals surface area (Å²) in [4.78, 5) is 13.1. The first kappa shape index (κ1) is 16.1. The van der Waals surface area contributed by atoms with E-state index >= 15 is 0 Å². The minimum atomic E-state index is -1.26. The standard InChI is InChI=1S/C20H26O4/c1-18(2)13-9-10-19(18,3)20(22,11-13)17(21)16-15(24-16)12-5-7-14(23-4)8-6-12/h5-8,13,15-16,22H,9-11H2,1-4H3/t13-,15+,16+,19-,20+/m1/s1. The zero-order valence-electron chi connectivity index (χ0n) is 14.8. The van der Waals surface area contributed by atoms with Crippen LogP contribution in [0.3, 0.4) is 0 Å². The fourth-order valence-electron chi connectivity index (χ4n) is 5.24. The van der Waals surface area contributed by atoms with Crippen molar-refractivity contribution >= 4 is 5.78 Å². The molecule has 5 atom stereocenters. The van der Waals surface area contributed by atoms with Gasteiger partial charge < -0.3 is 14.6 Å². The zero-order valence-corrected chi connectivity index (χ0v) is 14.8. The summed E-state index contributed by atoms with van der Waals surface area (Å²) in [5, 5.41) is 11.4. The Bertz CT molecular complexity index is 679. The van der Waals surface area contributed by atoms with Crippen LogP contribution in [0.1, 0.15) is 51.7 Å². The molecule has 1 aromatic rings. The summed E-state index contributed by atoms with van der Waals surface area (Å²) in [6, 6.07) is 7.59. The van der Waals surface area contributed by atoms with Crippen molar-refractivity contribution < 1.29 is 19.4 Å². The van der Waals surface area contributed by atoms with Crippen molar-refractivity contribution in [3.05, 3.63) is 29.8 Å². The normalized spacial score (nSPS) is 42.1. The summed E-state index contributed by atoms with van der Waals surface area (Å²) in [5.74, 6) is 1.07. The third kappa shape index (κ3) is 1.84. The molecule has 4 nitrogen and oxygen atoms in total. The van der Waals surface area contributed by atoms with E-state index in [1.165, 1.54) is 0 Å². The number of aliphatic hydroxyl groups is 1. The topological polar surface area (TPSA) is 59.1 Å². The van der Waals surface area contributed by atoms with Crippen molar-refractivity contribution in [2.45, 2.75) is 57.8 Å². The Morgan fingerprint density at radius 1 is 1.25 bits per heavy atom. The van der Waals surface area contributed by atoms with Gasteiger partial charge in [-0.3, -0.25) is 4.79 Å². The van der Waals surface area contributed by atoms with Crippen molar-refractivity contribution in [1.82, 2.24) is 0 Å². The Balaban J connectivity index is 1.55. The molecule has 24 heavy (non-hydrogen) atoms. The molecule has 1 aliphatic heterocycles. The number of Topliss-reactive ketones (excluding diaryl/α,β-unsaturated/α-hetero) is 1. The lowest BCUT2D eigenvalue weighted by Gasteiger charge is -2.44. The second-order valence-electron chi connectivity index (χ2n) is 8.47. The van der Waals surface area contributed by atoms with Gasteiger partial charge in [0.2, 0.25) is 0 Å². The smallest absolute Gasteiger partial charge is 0.196 e. The molecule has 1 aromatic carbocycles. The predicted molar refractivity (Wildman–Crippen MR) is 89.8 cm³/mol. The number of hydrogen-bond donors (Lipinski definition) is 1. The van der Waals surface area contributed by atoms with Gasteiger partial charge in [-0.05, 0) is 48.3 Å². The maximum absolute atomic E-state index is 13.1. The number of ether oxygens (including phenoxy) is 2. The van der Waals surface area contributed by atoms with Crippen molar-refractivity contribution in [2.75, 3.05) is 7.11 Å². The Morgan fingerprint density at radius 3 is 2.42 bits per heavy atom. The second-order valence-corrected chi connectivity index (χ2v) is 8.47. The molecule has 0 radical (unpaired) electrons. The Kier molecular flexibility index (Phi) is 3.24. The van der Waals surface area contributed by atoms with E-state index in [0.29, 0.717) is 12.3 Å². The molecule has 1 heterocycles. The minimum Gasteiger partial charge on any atom is -0.497 e. The highest BCUT2D eigenvalue weighted by atomic mass is 16.6. The number of methoxy groups -OCH3 is 1. The average Bonchev–Trinajstić information content (AvgIpc) is 3.30. The van der Waals surface area contributed by atoms with E-state index in [2.05, 4.69) is 20.8 Å². The van der Waals surface area contributed by atoms with Crippen LogP contribution in [0.25, 0.3) is 0 Å². The molecule has 3 aliphatic rings. The first-order valence-corrected chi connectivity index (χ1v) is 8.81. The third-order valence-electron chi connectivity index (χ3n) is 7.49. The summed E-state index contributed by atoms with van der Waals surface area (Å²) >= 11 is 0. The average molecular weight is 330 g/mol. The van der Waals surface area contributed by atoms with Crippen LogP contribution in [0.2, 0.25) is 0 Å². The number of carbonyl (C=O) groups excluding carboxylic acids is 1. The van der Waals surface area contributed by atoms with Crippen molar-refractivity contribution in [2.24, 2.45) is 16.7 Å². The van der Waals surface area contributed by atoms with Gasteiger partial charge in [0.25, 0.3) is 0 Å². The maximum atomic E-state index is 13.1. The van der Waals surface area contributed by atoms with Gasteiger partial charge in [0.05, 0.1) is 7.11 Å². The van der Waals surface area contributed by atoms with Gasteiger partial charge in [0.15, 0.2) is 5.78 Å². The van der Waals surface area contributed by atoms with Crippen molar-refractivity contribution in [3.63, 3.8) is 0 Å². The van der Waals surface area contributed by atoms with E-state index in [9.17, 15) is 9.90 Å². The van der Waals surface area contributed by atoms with E-state index in [4.69, 9.17) is 9.47 Å². The SMILES string of the molecule is COc1ccc([C@@H]2O[C@@H]2C(=O)[C@@]2(O)C[C@H]3CC[C@]2(C)C3(C)C)cc1. The maximum Gasteiger partial charge on any atom is 0.196 e. The molecule has 1 saturated heterocycles. The molecule has 130 valence electrons. The molecule has 0 aromatic heterocycles. The largest absolute Gasteiger partial charge is 0.497 e. The zero-order chi connectivity index (χ0) is 17.3. The van der Waals surface area contributed by atoms with Crippen molar-refractivity contribution in [1.29, 1.82) is 0 Å². The number of epoxide rings is 1. The molecule has 4 rings (SSSR count). The van der Waals surface area contributed by atoms with E-state index in [-0.39, 0.29) is 22.7 Å². The number of rotatable bonds is 4. The van der Waals surface area contributed by atoms with Crippen LogP contribution in [0.15, 0.2) is 24.3 Å². The highest BCUT2D eigenvalue weighted by molar-refractivity contribution is 5.95. The van der Waals surface area contributed by atoms with Crippen LogP contribution in [-0.4, -0.2) is 29.7 Å². The second kappa shape index (κ2) is 4.83. The molecule has 0 amide bonds. The third-order valence-corrected chi connectivity index (χ3v) is 7.49. The van der Waals surface area contributed by atoms with Crippen LogP contribution in [0.4, 0.5) is 0 Å². The molecule has 0 unspecified atom stereocenters. The molecule has 2 aliphatic carbocycles. The van der Waals surface area contributed by atoms with Gasteiger partial charge in [-0.2, -0.15) is 0 Å². The number of ketones is 1. The number of benzene rings is 1. The Hall–Kier alpha value is -1.39. The van der Waals surface area contributed by atoms with E-state index in [1.54, 1.807) is 7.11 Å². The van der Waals surface area contributed by atoms with Gasteiger partial charge in [-0.1, -0.05) is 32.9 Å². The van der Waals surface area contributed by atoms with E-state index in [0.717, 1.165) is 24.2 Å². The van der Waals surface area contributed by atoms with Gasteiger partial charge in [-0.15, -0.1) is 0 Å². The predicted octanol–water partition coefficient (Wildman–Crippen LogP) is 3.28. The fraction of sp³-hybridized carbons (Fsp3) is 0.650. The van der Waals surface area contributed by atoms with Crippen LogP contribution < -0.4 is 4.74 Å². The van der Waals surface area contributed by atoms with Gasteiger partial charge in [0.1, 0.15) is 23.6 Å². The van der Waals surface area contributed by atoms with Gasteiger partial charge in [0, 0.05) is 5.41 Å². The number of hydrogen-bond acceptors (Lipinski definition) is 4. The molecule has 4 heteroatoms. The summed E-state index contributed by atoms with van der Waals surface area (Å²) in [6.45, 7) is 6.48. The van der Waals surface area contributed by atoms with Gasteiger partial charge >= 0.3 is 0 Å². The molecular formula is C20H26O4. The molecule has 2 saturated carbocycles. The van der Waals surface area contributed by atoms with Crippen LogP contribution >= 0.6 is 0 Å². The summed E-state index contributed by atoms with van der Waals surface area (Å²) < 4.78 is 10.8. The van der Waals surface area contributed by atoms with Crippen LogP contribution in [0.5, 0.6) is 5.75 Å². The Morgan fingerprint density at radius 2 is 1.92 bits per heavy atom. The van der Waals surface area contributed by atoms with E-state index < -0.39 is 11.7 Å². The first-order chi connectivity index (χ1) is 11.2. The Labute approximate surface area is 143 Å². The molecular weight excluding hydrogens is 304 g/mol. The number of carbonyl (C=O) groups is 1. The minimum absolute atomic E-state index is 0.0120. The fourth-order valence-corrected chi connectivity index (χ4v) is 5.24. The number of fused-ring (bicyclic) bond motifs is 2. The van der Waals surface area contributed by atoms with Gasteiger partial charge in [-0.25, -0.2) is 0 Å². The van der Waals surface area contributed by atoms with Crippen LogP contribution in [0, 0.1) is 16.7 Å². The molecule has 0 spiro atoms. The lowest BCUT2D eigenvalue weighted by Crippen LogP contribution is -2.54. The lowest BCUT2D eigenvalue weighted by molar-refractivity contribution is -0.156. The summed E-state index contributed by atoms with van der Waals surface area (Å²) in [6.07, 6.45) is 1.83. The molecule has 1 N–H and O–H groups in total. The molecule has 3 fully saturated rings. The molecule has 2 bridgehead atoms. The van der Waals surface area contributed by atoms with Crippen LogP contribution in [-0.2, 0) is 9.53 Å². The highest BCUT2D eigenvalue weighted by Gasteiger charge is 2.73. The first-order valence-electron chi connectivity index (χ1n) is 8.81. The summed E-state index contributed by atoms with van der Waals surface area (Å²) in [5.41, 5.74) is -0.670.